The average Bonchev–Trinajstić information content (AvgIpc) is 3.21. The maximum Gasteiger partial charge on any atom is 0.435 e. The first-order chi connectivity index (χ1) is 13.8. The molecule has 3 rings (SSSR count). The molecule has 6 nitrogen and oxygen atoms in total. The lowest BCUT2D eigenvalue weighted by molar-refractivity contribution is -0.140. The molecule has 0 unspecified atom stereocenters. The molecule has 156 valence electrons. The van der Waals surface area contributed by atoms with Crippen LogP contribution in [0, 0.1) is 0 Å². The quantitative estimate of drug-likeness (QED) is 0.795. The van der Waals surface area contributed by atoms with Crippen LogP contribution >= 0.6 is 0 Å². The molecule has 1 fully saturated rings. The number of amides is 1. The molecule has 1 aromatic carbocycles. The third-order valence-corrected chi connectivity index (χ3v) is 4.97. The highest BCUT2D eigenvalue weighted by Crippen LogP contribution is 2.35. The summed E-state index contributed by atoms with van der Waals surface area (Å²) >= 11 is 0. The minimum atomic E-state index is -4.54. The van der Waals surface area contributed by atoms with Crippen molar-refractivity contribution in [1.82, 2.24) is 9.88 Å². The van der Waals surface area contributed by atoms with E-state index >= 15 is 0 Å². The number of anilines is 1. The number of pyridine rings is 1. The summed E-state index contributed by atoms with van der Waals surface area (Å²) in [4.78, 5) is 19.0. The first-order valence-electron chi connectivity index (χ1n) is 9.15. The summed E-state index contributed by atoms with van der Waals surface area (Å²) in [6.07, 6.45) is -2.87. The molecule has 0 saturated carbocycles. The maximum absolute atomic E-state index is 13.2. The number of carbonyl (C=O) groups excluding carboxylic acids is 1. The molecule has 1 aliphatic heterocycles. The Kier molecular flexibility index (Phi) is 6.26. The molecule has 1 amide bonds. The molecule has 1 atom stereocenters. The summed E-state index contributed by atoms with van der Waals surface area (Å²) in [7, 11) is 1.59. The van der Waals surface area contributed by atoms with Crippen molar-refractivity contribution in [3.05, 3.63) is 53.9 Å². The van der Waals surface area contributed by atoms with Gasteiger partial charge in [0, 0.05) is 32.4 Å². The van der Waals surface area contributed by atoms with Gasteiger partial charge in [-0.3, -0.25) is 4.79 Å². The van der Waals surface area contributed by atoms with Crippen molar-refractivity contribution in [3.8, 4) is 5.75 Å². The van der Waals surface area contributed by atoms with Gasteiger partial charge in [-0.1, -0.05) is 12.1 Å². The van der Waals surface area contributed by atoms with Crippen molar-refractivity contribution in [3.63, 3.8) is 0 Å². The number of alkyl halides is 3. The Morgan fingerprint density at radius 3 is 2.69 bits per heavy atom. The molecular weight excluding hydrogens is 387 g/mol. The van der Waals surface area contributed by atoms with Crippen LogP contribution in [-0.2, 0) is 17.6 Å². The van der Waals surface area contributed by atoms with E-state index in [9.17, 15) is 18.0 Å². The van der Waals surface area contributed by atoms with E-state index < -0.39 is 11.9 Å². The van der Waals surface area contributed by atoms with Gasteiger partial charge in [-0.05, 0) is 36.2 Å². The van der Waals surface area contributed by atoms with Crippen molar-refractivity contribution in [1.29, 1.82) is 0 Å². The predicted octanol–water partition coefficient (Wildman–Crippen LogP) is 2.71. The van der Waals surface area contributed by atoms with Crippen LogP contribution < -0.4 is 9.64 Å². The Morgan fingerprint density at radius 2 is 2.03 bits per heavy atom. The fourth-order valence-electron chi connectivity index (χ4n) is 3.31. The zero-order valence-corrected chi connectivity index (χ0v) is 15.9. The Bertz CT molecular complexity index is 843. The van der Waals surface area contributed by atoms with Crippen molar-refractivity contribution < 1.29 is 27.8 Å². The van der Waals surface area contributed by atoms with E-state index in [4.69, 9.17) is 9.84 Å². The number of aliphatic hydroxyl groups excluding tert-OH is 1. The van der Waals surface area contributed by atoms with E-state index in [1.54, 1.807) is 36.2 Å². The zero-order valence-electron chi connectivity index (χ0n) is 15.9. The number of nitrogens with zero attached hydrogens (tertiary/aromatic N) is 3. The molecule has 0 aliphatic carbocycles. The number of likely N-dealkylation sites (tertiary alicyclic amines) is 1. The molecular formula is C20H22F3N3O3. The Morgan fingerprint density at radius 1 is 1.31 bits per heavy atom. The minimum Gasteiger partial charge on any atom is -0.484 e. The highest BCUT2D eigenvalue weighted by atomic mass is 19.4. The number of aromatic nitrogens is 1. The standard InChI is InChI=1S/C20H22F3N3O3/c1-25(17-3-2-9-24-19(17)20(21,22)23)15-8-10-26(11-15)18(28)13-29-16-6-4-14(12-27)5-7-16/h2-7,9,15,27H,8,10-13H2,1H3/t15-/m0/s1. The number of hydrogen-bond acceptors (Lipinski definition) is 5. The van der Waals surface area contributed by atoms with Crippen LogP contribution in [0.3, 0.4) is 0 Å². The summed E-state index contributed by atoms with van der Waals surface area (Å²) in [5.74, 6) is 0.281. The topological polar surface area (TPSA) is 65.9 Å². The zero-order chi connectivity index (χ0) is 21.0. The summed E-state index contributed by atoms with van der Waals surface area (Å²) in [5.41, 5.74) is -0.191. The van der Waals surface area contributed by atoms with Gasteiger partial charge in [-0.2, -0.15) is 13.2 Å². The second kappa shape index (κ2) is 8.69. The average molecular weight is 409 g/mol. The molecule has 29 heavy (non-hydrogen) atoms. The number of ether oxygens (including phenoxy) is 1. The normalized spacial score (nSPS) is 16.7. The molecule has 0 radical (unpaired) electrons. The van der Waals surface area contributed by atoms with Gasteiger partial charge in [0.25, 0.3) is 5.91 Å². The number of carbonyl (C=O) groups is 1. The monoisotopic (exact) mass is 409 g/mol. The number of likely N-dealkylation sites (N-methyl/N-ethyl adjacent to an activating group) is 1. The molecule has 0 bridgehead atoms. The van der Waals surface area contributed by atoms with E-state index in [1.807, 2.05) is 0 Å². The molecule has 1 aromatic heterocycles. The first-order valence-corrected chi connectivity index (χ1v) is 9.15. The second-order valence-corrected chi connectivity index (χ2v) is 6.85. The van der Waals surface area contributed by atoms with Crippen LogP contribution in [0.15, 0.2) is 42.6 Å². The Balaban J connectivity index is 1.58. The number of halogens is 3. The van der Waals surface area contributed by atoms with E-state index in [-0.39, 0.29) is 30.9 Å². The van der Waals surface area contributed by atoms with E-state index in [2.05, 4.69) is 4.98 Å². The Labute approximate surface area is 166 Å². The fourth-order valence-corrected chi connectivity index (χ4v) is 3.31. The van der Waals surface area contributed by atoms with Gasteiger partial charge in [0.2, 0.25) is 0 Å². The summed E-state index contributed by atoms with van der Waals surface area (Å²) < 4.78 is 45.2. The van der Waals surface area contributed by atoms with Crippen molar-refractivity contribution in [2.45, 2.75) is 25.2 Å². The van der Waals surface area contributed by atoms with Crippen molar-refractivity contribution in [2.75, 3.05) is 31.6 Å². The summed E-state index contributed by atoms with van der Waals surface area (Å²) in [5, 5.41) is 9.03. The highest BCUT2D eigenvalue weighted by Gasteiger charge is 2.38. The van der Waals surface area contributed by atoms with Crippen LogP contribution in [0.1, 0.15) is 17.7 Å². The van der Waals surface area contributed by atoms with Gasteiger partial charge in [0.15, 0.2) is 12.3 Å². The molecule has 9 heteroatoms. The SMILES string of the molecule is CN(c1cccnc1C(F)(F)F)[C@H]1CCN(C(=O)COc2ccc(CO)cc2)C1. The smallest absolute Gasteiger partial charge is 0.435 e. The van der Waals surface area contributed by atoms with E-state index in [0.29, 0.717) is 25.3 Å². The number of aliphatic hydroxyl groups is 1. The molecule has 1 saturated heterocycles. The molecule has 1 N–H and O–H groups in total. The number of benzene rings is 1. The van der Waals surface area contributed by atoms with Gasteiger partial charge in [0.05, 0.1) is 12.3 Å². The van der Waals surface area contributed by atoms with Gasteiger partial charge in [-0.15, -0.1) is 0 Å². The van der Waals surface area contributed by atoms with Crippen LogP contribution in [0.5, 0.6) is 5.75 Å². The maximum atomic E-state index is 13.2. The minimum absolute atomic E-state index is 0.000443. The molecule has 2 heterocycles. The fraction of sp³-hybridized carbons (Fsp3) is 0.400. The van der Waals surface area contributed by atoms with Gasteiger partial charge in [0.1, 0.15) is 5.75 Å². The van der Waals surface area contributed by atoms with Crippen LogP contribution in [0.2, 0.25) is 0 Å². The van der Waals surface area contributed by atoms with Crippen LogP contribution in [0.25, 0.3) is 0 Å². The van der Waals surface area contributed by atoms with E-state index in [0.717, 1.165) is 11.8 Å². The summed E-state index contributed by atoms with van der Waals surface area (Å²) in [6.45, 7) is 0.529. The Hall–Kier alpha value is -2.81. The summed E-state index contributed by atoms with van der Waals surface area (Å²) in [6, 6.07) is 9.35. The lowest BCUT2D eigenvalue weighted by atomic mass is 10.2. The molecule has 0 spiro atoms. The third kappa shape index (κ3) is 4.97. The molecule has 2 aromatic rings. The highest BCUT2D eigenvalue weighted by molar-refractivity contribution is 5.78. The molecule has 1 aliphatic rings. The van der Waals surface area contributed by atoms with Crippen LogP contribution in [0.4, 0.5) is 18.9 Å². The van der Waals surface area contributed by atoms with Crippen LogP contribution in [-0.4, -0.2) is 53.7 Å². The van der Waals surface area contributed by atoms with E-state index in [1.165, 1.54) is 17.0 Å². The number of rotatable bonds is 6. The predicted molar refractivity (Wildman–Crippen MR) is 100 cm³/mol. The third-order valence-electron chi connectivity index (χ3n) is 4.97. The van der Waals surface area contributed by atoms with Gasteiger partial charge >= 0.3 is 6.18 Å². The largest absolute Gasteiger partial charge is 0.484 e. The lowest BCUT2D eigenvalue weighted by Crippen LogP contribution is -2.39. The number of hydrogen-bond donors (Lipinski definition) is 1. The first kappa shape index (κ1) is 20.9. The lowest BCUT2D eigenvalue weighted by Gasteiger charge is -2.28. The van der Waals surface area contributed by atoms with Crippen molar-refractivity contribution >= 4 is 11.6 Å². The van der Waals surface area contributed by atoms with Crippen molar-refractivity contribution in [2.24, 2.45) is 0 Å². The second-order valence-electron chi connectivity index (χ2n) is 6.85. The van der Waals surface area contributed by atoms with Gasteiger partial charge < -0.3 is 19.6 Å². The van der Waals surface area contributed by atoms with Gasteiger partial charge in [-0.25, -0.2) is 4.98 Å².